The third kappa shape index (κ3) is 2.72. The van der Waals surface area contributed by atoms with E-state index >= 15 is 0 Å². The molecule has 86 valence electrons. The first-order valence-electron chi connectivity index (χ1n) is 5.10. The Morgan fingerprint density at radius 2 is 2.41 bits per heavy atom. The van der Waals surface area contributed by atoms with Crippen molar-refractivity contribution >= 4 is 17.5 Å². The van der Waals surface area contributed by atoms with Gasteiger partial charge < -0.3 is 15.2 Å². The van der Waals surface area contributed by atoms with Gasteiger partial charge in [-0.3, -0.25) is 0 Å². The molecule has 0 aliphatic carbocycles. The summed E-state index contributed by atoms with van der Waals surface area (Å²) in [4.78, 5) is 13.0. The van der Waals surface area contributed by atoms with Crippen molar-refractivity contribution in [3.63, 3.8) is 0 Å². The van der Waals surface area contributed by atoms with Crippen LogP contribution in [0, 0.1) is 11.3 Å². The van der Waals surface area contributed by atoms with Gasteiger partial charge in [-0.25, -0.2) is 9.97 Å². The van der Waals surface area contributed by atoms with Gasteiger partial charge >= 0.3 is 0 Å². The second-order valence-electron chi connectivity index (χ2n) is 3.48. The minimum Gasteiger partial charge on any atom is -0.348 e. The number of aromatic amines is 1. The van der Waals surface area contributed by atoms with Crippen molar-refractivity contribution in [1.29, 1.82) is 5.26 Å². The van der Waals surface area contributed by atoms with Gasteiger partial charge in [-0.05, 0) is 12.1 Å². The Labute approximate surface area is 98.9 Å². The fraction of sp³-hybridized carbons (Fsp3) is 0.182. The van der Waals surface area contributed by atoms with Gasteiger partial charge in [0.1, 0.15) is 30.3 Å². The van der Waals surface area contributed by atoms with Crippen molar-refractivity contribution in [3.05, 3.63) is 30.7 Å². The lowest BCUT2D eigenvalue weighted by Crippen LogP contribution is -2.18. The Bertz CT molecular complexity index is 513. The van der Waals surface area contributed by atoms with Crippen LogP contribution in [0.25, 0.3) is 0 Å². The summed E-state index contributed by atoms with van der Waals surface area (Å²) in [5, 5.41) is 11.7. The molecule has 2 heterocycles. The van der Waals surface area contributed by atoms with E-state index in [1.165, 1.54) is 6.33 Å². The molecule has 2 aromatic heterocycles. The largest absolute Gasteiger partial charge is 0.348 e. The lowest BCUT2D eigenvalue weighted by Gasteiger charge is -2.14. The molecule has 0 fully saturated rings. The number of hydrogen-bond acceptors (Lipinski definition) is 5. The minimum absolute atomic E-state index is 0.291. The fourth-order valence-corrected chi connectivity index (χ4v) is 1.36. The highest BCUT2D eigenvalue weighted by Crippen LogP contribution is 2.15. The lowest BCUT2D eigenvalue weighted by atomic mass is 10.4. The summed E-state index contributed by atoms with van der Waals surface area (Å²) in [6.07, 6.45) is 3.29. The zero-order chi connectivity index (χ0) is 12.1. The third-order valence-electron chi connectivity index (χ3n) is 2.21. The van der Waals surface area contributed by atoms with E-state index in [0.717, 1.165) is 5.82 Å². The van der Waals surface area contributed by atoms with E-state index in [4.69, 9.17) is 5.26 Å². The van der Waals surface area contributed by atoms with Gasteiger partial charge in [0.2, 0.25) is 0 Å². The summed E-state index contributed by atoms with van der Waals surface area (Å²) >= 11 is 0. The Morgan fingerprint density at radius 1 is 1.53 bits per heavy atom. The van der Waals surface area contributed by atoms with Crippen LogP contribution in [0.15, 0.2) is 30.7 Å². The predicted molar refractivity (Wildman–Crippen MR) is 65.0 cm³/mol. The molecule has 17 heavy (non-hydrogen) atoms. The molecule has 0 unspecified atom stereocenters. The van der Waals surface area contributed by atoms with Crippen molar-refractivity contribution in [2.75, 3.05) is 23.8 Å². The number of H-pyrrole nitrogens is 1. The summed E-state index contributed by atoms with van der Waals surface area (Å²) in [5.41, 5.74) is 0. The molecule has 0 amide bonds. The molecule has 0 spiro atoms. The summed E-state index contributed by atoms with van der Waals surface area (Å²) < 4.78 is 0. The smallest absolute Gasteiger partial charge is 0.136 e. The summed E-state index contributed by atoms with van der Waals surface area (Å²) in [6, 6.07) is 7.66. The molecule has 0 aliphatic heterocycles. The van der Waals surface area contributed by atoms with E-state index in [2.05, 4.69) is 26.3 Å². The van der Waals surface area contributed by atoms with Crippen molar-refractivity contribution < 1.29 is 0 Å². The zero-order valence-corrected chi connectivity index (χ0v) is 9.38. The standard InChI is InChI=1S/C11H12N6/c1-17(6-4-12)11-7-10(14-8-15-11)16-9-3-2-5-13-9/h2-3,5,7-8,13H,6H2,1H3,(H,14,15,16). The van der Waals surface area contributed by atoms with Gasteiger partial charge in [0.25, 0.3) is 0 Å². The van der Waals surface area contributed by atoms with Crippen LogP contribution in [-0.4, -0.2) is 28.5 Å². The second kappa shape index (κ2) is 4.99. The van der Waals surface area contributed by atoms with Crippen molar-refractivity contribution in [1.82, 2.24) is 15.0 Å². The maximum atomic E-state index is 8.62. The van der Waals surface area contributed by atoms with Crippen molar-refractivity contribution in [3.8, 4) is 6.07 Å². The van der Waals surface area contributed by atoms with Gasteiger partial charge in [0, 0.05) is 19.3 Å². The zero-order valence-electron chi connectivity index (χ0n) is 9.38. The molecule has 0 aliphatic rings. The lowest BCUT2D eigenvalue weighted by molar-refractivity contribution is 0.981. The highest BCUT2D eigenvalue weighted by molar-refractivity contribution is 5.56. The number of nitrogens with zero attached hydrogens (tertiary/aromatic N) is 4. The minimum atomic E-state index is 0.291. The predicted octanol–water partition coefficient (Wildman–Crippen LogP) is 1.51. The number of rotatable bonds is 4. The highest BCUT2D eigenvalue weighted by atomic mass is 15.2. The van der Waals surface area contributed by atoms with E-state index < -0.39 is 0 Å². The van der Waals surface area contributed by atoms with E-state index in [9.17, 15) is 0 Å². The molecule has 0 saturated carbocycles. The Balaban J connectivity index is 2.14. The molecular weight excluding hydrogens is 216 g/mol. The molecule has 0 radical (unpaired) electrons. The van der Waals surface area contributed by atoms with Gasteiger partial charge in [0.05, 0.1) is 6.07 Å². The Hall–Kier alpha value is -2.55. The summed E-state index contributed by atoms with van der Waals surface area (Å²) in [5.74, 6) is 2.25. The van der Waals surface area contributed by atoms with Crippen LogP contribution in [0.2, 0.25) is 0 Å². The fourth-order valence-electron chi connectivity index (χ4n) is 1.36. The maximum absolute atomic E-state index is 8.62. The molecule has 0 bridgehead atoms. The van der Waals surface area contributed by atoms with Crippen LogP contribution in [0.1, 0.15) is 0 Å². The molecule has 0 atom stereocenters. The first kappa shape index (κ1) is 11.0. The number of aromatic nitrogens is 3. The van der Waals surface area contributed by atoms with E-state index in [-0.39, 0.29) is 0 Å². The van der Waals surface area contributed by atoms with E-state index in [0.29, 0.717) is 18.2 Å². The van der Waals surface area contributed by atoms with Gasteiger partial charge in [-0.15, -0.1) is 0 Å². The molecule has 2 rings (SSSR count). The topological polar surface area (TPSA) is 80.6 Å². The average Bonchev–Trinajstić information content (AvgIpc) is 2.82. The molecule has 6 nitrogen and oxygen atoms in total. The third-order valence-corrected chi connectivity index (χ3v) is 2.21. The SMILES string of the molecule is CN(CC#N)c1cc(Nc2ccc[nH]2)ncn1. The molecule has 0 saturated heterocycles. The maximum Gasteiger partial charge on any atom is 0.136 e. The van der Waals surface area contributed by atoms with Crippen LogP contribution in [0.3, 0.4) is 0 Å². The van der Waals surface area contributed by atoms with Crippen LogP contribution in [0.4, 0.5) is 17.5 Å². The van der Waals surface area contributed by atoms with Crippen molar-refractivity contribution in [2.45, 2.75) is 0 Å². The highest BCUT2D eigenvalue weighted by Gasteiger charge is 2.04. The van der Waals surface area contributed by atoms with Gasteiger partial charge in [-0.1, -0.05) is 0 Å². The van der Waals surface area contributed by atoms with E-state index in [1.54, 1.807) is 11.0 Å². The summed E-state index contributed by atoms with van der Waals surface area (Å²) in [6.45, 7) is 0.291. The second-order valence-corrected chi connectivity index (χ2v) is 3.48. The van der Waals surface area contributed by atoms with Crippen LogP contribution in [0.5, 0.6) is 0 Å². The monoisotopic (exact) mass is 228 g/mol. The molecule has 2 N–H and O–H groups in total. The van der Waals surface area contributed by atoms with Crippen LogP contribution in [-0.2, 0) is 0 Å². The molecule has 2 aromatic rings. The Kier molecular flexibility index (Phi) is 3.21. The Morgan fingerprint density at radius 3 is 3.12 bits per heavy atom. The molecule has 0 aromatic carbocycles. The van der Waals surface area contributed by atoms with Crippen LogP contribution >= 0.6 is 0 Å². The molecular formula is C11H12N6. The quantitative estimate of drug-likeness (QED) is 0.775. The van der Waals surface area contributed by atoms with Gasteiger partial charge in [-0.2, -0.15) is 5.26 Å². The van der Waals surface area contributed by atoms with Crippen molar-refractivity contribution in [2.24, 2.45) is 0 Å². The number of nitrogens with one attached hydrogen (secondary N) is 2. The normalized spacial score (nSPS) is 9.65. The molecule has 6 heteroatoms. The number of nitriles is 1. The van der Waals surface area contributed by atoms with E-state index in [1.807, 2.05) is 25.4 Å². The van der Waals surface area contributed by atoms with Crippen LogP contribution < -0.4 is 10.2 Å². The number of hydrogen-bond donors (Lipinski definition) is 2. The average molecular weight is 228 g/mol. The number of anilines is 3. The van der Waals surface area contributed by atoms with Gasteiger partial charge in [0.15, 0.2) is 0 Å². The summed E-state index contributed by atoms with van der Waals surface area (Å²) in [7, 11) is 1.81. The first-order valence-corrected chi connectivity index (χ1v) is 5.10. The first-order chi connectivity index (χ1) is 8.29.